The number of amides is 1. The van der Waals surface area contributed by atoms with E-state index in [0.717, 1.165) is 26.2 Å². The summed E-state index contributed by atoms with van der Waals surface area (Å²) >= 11 is 1.33. The fourth-order valence-corrected chi connectivity index (χ4v) is 2.12. The number of anilines is 1. The molecule has 1 fully saturated rings. The fraction of sp³-hybridized carbons (Fsp3) is 0.667. The van der Waals surface area contributed by atoms with E-state index >= 15 is 0 Å². The summed E-state index contributed by atoms with van der Waals surface area (Å²) in [6, 6.07) is -0.119. The van der Waals surface area contributed by atoms with Crippen LogP contribution in [0.1, 0.15) is 6.92 Å². The fourth-order valence-electron chi connectivity index (χ4n) is 1.67. The van der Waals surface area contributed by atoms with E-state index in [1.807, 2.05) is 6.92 Å². The molecule has 2 rings (SSSR count). The van der Waals surface area contributed by atoms with Crippen molar-refractivity contribution in [3.63, 3.8) is 0 Å². The van der Waals surface area contributed by atoms with E-state index in [1.54, 1.807) is 5.51 Å². The van der Waals surface area contributed by atoms with E-state index in [0.29, 0.717) is 5.13 Å². The zero-order valence-electron chi connectivity index (χ0n) is 9.14. The third kappa shape index (κ3) is 2.75. The smallest absolute Gasteiger partial charge is 0.243 e. The average molecular weight is 241 g/mol. The molecule has 16 heavy (non-hydrogen) atoms. The molecule has 1 aromatic rings. The molecule has 0 spiro atoms. The van der Waals surface area contributed by atoms with E-state index in [4.69, 9.17) is 0 Å². The Labute approximate surface area is 98.0 Å². The predicted octanol–water partition coefficient (Wildman–Crippen LogP) is -0.230. The van der Waals surface area contributed by atoms with E-state index in [-0.39, 0.29) is 11.9 Å². The van der Waals surface area contributed by atoms with Gasteiger partial charge in [0, 0.05) is 26.2 Å². The summed E-state index contributed by atoms with van der Waals surface area (Å²) in [5, 5.41) is 14.1. The lowest BCUT2D eigenvalue weighted by atomic mass is 10.2. The van der Waals surface area contributed by atoms with Gasteiger partial charge >= 0.3 is 0 Å². The normalized spacial score (nSPS) is 19.3. The van der Waals surface area contributed by atoms with Crippen molar-refractivity contribution in [2.75, 3.05) is 31.5 Å². The zero-order chi connectivity index (χ0) is 11.4. The second-order valence-electron chi connectivity index (χ2n) is 3.70. The summed E-state index contributed by atoms with van der Waals surface area (Å²) in [6.07, 6.45) is 0. The maximum Gasteiger partial charge on any atom is 0.243 e. The van der Waals surface area contributed by atoms with Gasteiger partial charge in [0.25, 0.3) is 0 Å². The topological polar surface area (TPSA) is 70.2 Å². The molecule has 1 atom stereocenters. The minimum absolute atomic E-state index is 0.0151. The maximum atomic E-state index is 11.9. The molecule has 2 N–H and O–H groups in total. The summed E-state index contributed by atoms with van der Waals surface area (Å²) in [7, 11) is 0. The number of nitrogens with zero attached hydrogens (tertiary/aromatic N) is 3. The van der Waals surface area contributed by atoms with Crippen LogP contribution in [0.3, 0.4) is 0 Å². The third-order valence-corrected chi connectivity index (χ3v) is 3.28. The molecule has 2 heterocycles. The third-order valence-electron chi connectivity index (χ3n) is 2.67. The Bertz CT molecular complexity index is 336. The highest BCUT2D eigenvalue weighted by molar-refractivity contribution is 7.13. The Morgan fingerprint density at radius 1 is 1.62 bits per heavy atom. The van der Waals surface area contributed by atoms with Crippen LogP contribution in [-0.2, 0) is 4.79 Å². The molecule has 7 heteroatoms. The minimum atomic E-state index is -0.119. The van der Waals surface area contributed by atoms with Gasteiger partial charge in [-0.2, -0.15) is 0 Å². The van der Waals surface area contributed by atoms with Crippen molar-refractivity contribution in [1.82, 2.24) is 20.4 Å². The van der Waals surface area contributed by atoms with Gasteiger partial charge in [0.05, 0.1) is 6.04 Å². The molecule has 1 aliphatic rings. The summed E-state index contributed by atoms with van der Waals surface area (Å²) in [4.78, 5) is 14.0. The van der Waals surface area contributed by atoms with Crippen molar-refractivity contribution in [1.29, 1.82) is 0 Å². The number of piperazine rings is 1. The van der Waals surface area contributed by atoms with Gasteiger partial charge < -0.3 is 5.32 Å². The average Bonchev–Trinajstić information content (AvgIpc) is 2.82. The standard InChI is InChI=1S/C9H15N5OS/c1-7(14-4-2-10-3-5-14)8(15)12-9-13-11-6-16-9/h6-7,10H,2-5H2,1H3,(H,12,13,15). The van der Waals surface area contributed by atoms with Crippen molar-refractivity contribution in [3.8, 4) is 0 Å². The Morgan fingerprint density at radius 3 is 3.00 bits per heavy atom. The minimum Gasteiger partial charge on any atom is -0.314 e. The van der Waals surface area contributed by atoms with Gasteiger partial charge in [-0.3, -0.25) is 15.0 Å². The van der Waals surface area contributed by atoms with E-state index in [2.05, 4.69) is 25.7 Å². The lowest BCUT2D eigenvalue weighted by Gasteiger charge is -2.31. The highest BCUT2D eigenvalue weighted by atomic mass is 32.1. The van der Waals surface area contributed by atoms with Crippen molar-refractivity contribution < 1.29 is 4.79 Å². The second-order valence-corrected chi connectivity index (χ2v) is 4.53. The molecule has 0 radical (unpaired) electrons. The van der Waals surface area contributed by atoms with Crippen molar-refractivity contribution in [2.24, 2.45) is 0 Å². The number of carbonyl (C=O) groups is 1. The van der Waals surface area contributed by atoms with E-state index in [1.165, 1.54) is 11.3 Å². The largest absolute Gasteiger partial charge is 0.314 e. The Balaban J connectivity index is 1.88. The van der Waals surface area contributed by atoms with Crippen LogP contribution in [0.15, 0.2) is 5.51 Å². The summed E-state index contributed by atoms with van der Waals surface area (Å²) in [5.74, 6) is -0.0151. The van der Waals surface area contributed by atoms with Gasteiger partial charge in [-0.05, 0) is 6.92 Å². The molecular formula is C9H15N5OS. The Kier molecular flexibility index (Phi) is 3.81. The zero-order valence-corrected chi connectivity index (χ0v) is 9.96. The molecule has 0 saturated carbocycles. The number of hydrogen-bond acceptors (Lipinski definition) is 6. The first-order chi connectivity index (χ1) is 7.77. The number of rotatable bonds is 3. The van der Waals surface area contributed by atoms with Crippen LogP contribution < -0.4 is 10.6 Å². The first kappa shape index (κ1) is 11.4. The first-order valence-corrected chi connectivity index (χ1v) is 6.17. The van der Waals surface area contributed by atoms with Gasteiger partial charge in [-0.1, -0.05) is 11.3 Å². The Hall–Kier alpha value is -1.05. The van der Waals surface area contributed by atoms with Crippen LogP contribution in [0.2, 0.25) is 0 Å². The van der Waals surface area contributed by atoms with Crippen LogP contribution in [0.4, 0.5) is 5.13 Å². The number of aromatic nitrogens is 2. The first-order valence-electron chi connectivity index (χ1n) is 5.29. The number of carbonyl (C=O) groups excluding carboxylic acids is 1. The maximum absolute atomic E-state index is 11.9. The van der Waals surface area contributed by atoms with Crippen molar-refractivity contribution in [3.05, 3.63) is 5.51 Å². The van der Waals surface area contributed by atoms with Crippen molar-refractivity contribution in [2.45, 2.75) is 13.0 Å². The predicted molar refractivity (Wildman–Crippen MR) is 62.4 cm³/mol. The lowest BCUT2D eigenvalue weighted by molar-refractivity contribution is -0.120. The number of hydrogen-bond donors (Lipinski definition) is 2. The Morgan fingerprint density at radius 2 is 2.38 bits per heavy atom. The summed E-state index contributed by atoms with van der Waals surface area (Å²) in [6.45, 7) is 5.62. The molecule has 1 unspecified atom stereocenters. The van der Waals surface area contributed by atoms with Crippen LogP contribution in [0.25, 0.3) is 0 Å². The quantitative estimate of drug-likeness (QED) is 0.765. The highest BCUT2D eigenvalue weighted by Gasteiger charge is 2.23. The lowest BCUT2D eigenvalue weighted by Crippen LogP contribution is -2.51. The molecule has 0 aromatic carbocycles. The van der Waals surface area contributed by atoms with Crippen LogP contribution in [0.5, 0.6) is 0 Å². The van der Waals surface area contributed by atoms with Gasteiger partial charge in [0.15, 0.2) is 0 Å². The van der Waals surface area contributed by atoms with E-state index in [9.17, 15) is 4.79 Å². The van der Waals surface area contributed by atoms with E-state index < -0.39 is 0 Å². The van der Waals surface area contributed by atoms with Gasteiger partial charge in [0.1, 0.15) is 5.51 Å². The SMILES string of the molecule is CC(C(=O)Nc1nncs1)N1CCNCC1. The van der Waals surface area contributed by atoms with Gasteiger partial charge in [-0.15, -0.1) is 10.2 Å². The summed E-state index contributed by atoms with van der Waals surface area (Å²) in [5.41, 5.74) is 1.60. The molecular weight excluding hydrogens is 226 g/mol. The molecule has 88 valence electrons. The molecule has 6 nitrogen and oxygen atoms in total. The molecule has 1 aliphatic heterocycles. The highest BCUT2D eigenvalue weighted by Crippen LogP contribution is 2.10. The monoisotopic (exact) mass is 241 g/mol. The molecule has 1 amide bonds. The van der Waals surface area contributed by atoms with Crippen LogP contribution in [-0.4, -0.2) is 53.2 Å². The van der Waals surface area contributed by atoms with Gasteiger partial charge in [0.2, 0.25) is 11.0 Å². The van der Waals surface area contributed by atoms with Crippen LogP contribution in [0, 0.1) is 0 Å². The molecule has 0 aliphatic carbocycles. The summed E-state index contributed by atoms with van der Waals surface area (Å²) < 4.78 is 0. The van der Waals surface area contributed by atoms with Gasteiger partial charge in [-0.25, -0.2) is 0 Å². The number of nitrogens with one attached hydrogen (secondary N) is 2. The molecule has 1 aromatic heterocycles. The molecule has 0 bridgehead atoms. The van der Waals surface area contributed by atoms with Crippen LogP contribution >= 0.6 is 11.3 Å². The van der Waals surface area contributed by atoms with Crippen molar-refractivity contribution >= 4 is 22.4 Å². The molecule has 1 saturated heterocycles. The second kappa shape index (κ2) is 5.33.